The normalized spacial score (nSPS) is 16.9. The fourth-order valence-corrected chi connectivity index (χ4v) is 4.07. The Kier molecular flexibility index (Phi) is 3.99. The van der Waals surface area contributed by atoms with Gasteiger partial charge in [0.1, 0.15) is 10.7 Å². The van der Waals surface area contributed by atoms with Gasteiger partial charge in [0.25, 0.3) is 5.56 Å². The largest absolute Gasteiger partial charge is 0.370 e. The Morgan fingerprint density at radius 3 is 2.91 bits per heavy atom. The molecule has 0 saturated heterocycles. The number of nitrogens with two attached hydrogens (primary N) is 1. The second kappa shape index (κ2) is 5.66. The van der Waals surface area contributed by atoms with Gasteiger partial charge in [-0.15, -0.1) is 11.3 Å². The molecular weight excluding hydrogens is 298 g/mol. The number of nitrogens with zero attached hydrogens (tertiary/aromatic N) is 2. The van der Waals surface area contributed by atoms with E-state index in [0.29, 0.717) is 17.8 Å². The summed E-state index contributed by atoms with van der Waals surface area (Å²) in [6.07, 6.45) is 4.75. The molecule has 0 spiro atoms. The molecule has 1 aliphatic heterocycles. The zero-order valence-corrected chi connectivity index (χ0v) is 14.3. The zero-order valence-electron chi connectivity index (χ0n) is 13.4. The predicted molar refractivity (Wildman–Crippen MR) is 89.8 cm³/mol. The molecule has 0 radical (unpaired) electrons. The Morgan fingerprint density at radius 2 is 2.18 bits per heavy atom. The van der Waals surface area contributed by atoms with Crippen LogP contribution < -0.4 is 11.4 Å². The molecule has 0 saturated carbocycles. The van der Waals surface area contributed by atoms with Gasteiger partial charge in [-0.3, -0.25) is 4.79 Å². The number of rotatable bonds is 4. The van der Waals surface area contributed by atoms with Crippen LogP contribution >= 0.6 is 11.3 Å². The molecule has 3 rings (SSSR count). The monoisotopic (exact) mass is 321 g/mol. The van der Waals surface area contributed by atoms with E-state index < -0.39 is 0 Å². The van der Waals surface area contributed by atoms with Crippen molar-refractivity contribution in [2.45, 2.75) is 65.1 Å². The summed E-state index contributed by atoms with van der Waals surface area (Å²) in [6.45, 7) is 6.81. The quantitative estimate of drug-likeness (QED) is 0.694. The highest BCUT2D eigenvalue weighted by atomic mass is 32.1. The predicted octanol–water partition coefficient (Wildman–Crippen LogP) is 2.76. The highest BCUT2D eigenvalue weighted by Crippen LogP contribution is 2.36. The second-order valence-electron chi connectivity index (χ2n) is 6.57. The van der Waals surface area contributed by atoms with E-state index in [4.69, 9.17) is 10.6 Å². The molecule has 0 atom stereocenters. The van der Waals surface area contributed by atoms with Crippen molar-refractivity contribution in [1.29, 1.82) is 0 Å². The smallest absolute Gasteiger partial charge is 0.280 e. The molecular formula is C16H23N3O2S. The van der Waals surface area contributed by atoms with Gasteiger partial charge in [-0.25, -0.2) is 9.66 Å². The van der Waals surface area contributed by atoms with Crippen LogP contribution in [0.15, 0.2) is 4.79 Å². The highest BCUT2D eigenvalue weighted by Gasteiger charge is 2.31. The summed E-state index contributed by atoms with van der Waals surface area (Å²) in [7, 11) is 0. The van der Waals surface area contributed by atoms with Gasteiger partial charge in [0.2, 0.25) is 0 Å². The zero-order chi connectivity index (χ0) is 15.9. The number of fused-ring (bicyclic) bond motifs is 3. The average Bonchev–Trinajstić information content (AvgIpc) is 2.80. The van der Waals surface area contributed by atoms with Gasteiger partial charge in [-0.05, 0) is 25.8 Å². The third-order valence-electron chi connectivity index (χ3n) is 4.21. The van der Waals surface area contributed by atoms with Crippen LogP contribution in [0.5, 0.6) is 0 Å². The molecule has 3 heterocycles. The molecule has 0 amide bonds. The number of unbranched alkanes of at least 4 members (excludes halogenated alkanes) is 2. The first-order valence-corrected chi connectivity index (χ1v) is 8.70. The molecule has 0 unspecified atom stereocenters. The van der Waals surface area contributed by atoms with Crippen molar-refractivity contribution in [3.05, 3.63) is 26.6 Å². The Balaban J connectivity index is 2.08. The summed E-state index contributed by atoms with van der Waals surface area (Å²) < 4.78 is 7.09. The maximum atomic E-state index is 12.7. The Morgan fingerprint density at radius 1 is 1.41 bits per heavy atom. The molecule has 0 aromatic carbocycles. The number of nitrogen functional groups attached to an aromatic ring is 1. The molecule has 22 heavy (non-hydrogen) atoms. The van der Waals surface area contributed by atoms with Crippen LogP contribution in [0.4, 0.5) is 0 Å². The lowest BCUT2D eigenvalue weighted by Gasteiger charge is -2.29. The van der Waals surface area contributed by atoms with Gasteiger partial charge in [0.05, 0.1) is 17.6 Å². The molecule has 5 nitrogen and oxygen atoms in total. The first kappa shape index (κ1) is 15.5. The van der Waals surface area contributed by atoms with Gasteiger partial charge >= 0.3 is 0 Å². The van der Waals surface area contributed by atoms with E-state index in [1.165, 1.54) is 4.68 Å². The average molecular weight is 321 g/mol. The van der Waals surface area contributed by atoms with Crippen molar-refractivity contribution in [2.75, 3.05) is 5.84 Å². The molecule has 2 aromatic heterocycles. The van der Waals surface area contributed by atoms with Crippen molar-refractivity contribution in [3.8, 4) is 0 Å². The second-order valence-corrected chi connectivity index (χ2v) is 7.65. The minimum Gasteiger partial charge on any atom is -0.370 e. The topological polar surface area (TPSA) is 70.1 Å². The van der Waals surface area contributed by atoms with Crippen LogP contribution in [-0.2, 0) is 24.2 Å². The van der Waals surface area contributed by atoms with Crippen LogP contribution in [0.25, 0.3) is 10.2 Å². The van der Waals surface area contributed by atoms with Crippen LogP contribution in [0, 0.1) is 0 Å². The molecule has 1 aliphatic rings. The maximum Gasteiger partial charge on any atom is 0.280 e. The Labute approximate surface area is 134 Å². The van der Waals surface area contributed by atoms with Crippen molar-refractivity contribution < 1.29 is 4.74 Å². The fraction of sp³-hybridized carbons (Fsp3) is 0.625. The van der Waals surface area contributed by atoms with E-state index in [9.17, 15) is 4.79 Å². The van der Waals surface area contributed by atoms with Gasteiger partial charge in [-0.2, -0.15) is 0 Å². The summed E-state index contributed by atoms with van der Waals surface area (Å²) in [5, 5.41) is 0.693. The highest BCUT2D eigenvalue weighted by molar-refractivity contribution is 7.18. The standard InChI is InChI=1S/C16H23N3O2S/c1-4-5-6-7-12-18-14-13(15(20)19(12)17)10-8-16(2,3)21-9-11(10)22-14/h4-9,17H2,1-3H3. The van der Waals surface area contributed by atoms with Crippen LogP contribution in [0.2, 0.25) is 0 Å². The lowest BCUT2D eigenvalue weighted by Crippen LogP contribution is -2.34. The van der Waals surface area contributed by atoms with E-state index in [-0.39, 0.29) is 11.2 Å². The Hall–Kier alpha value is -1.40. The molecule has 0 aliphatic carbocycles. The van der Waals surface area contributed by atoms with Crippen molar-refractivity contribution in [1.82, 2.24) is 9.66 Å². The summed E-state index contributed by atoms with van der Waals surface area (Å²) in [5.41, 5.74) is 0.715. The number of hydrogen-bond donors (Lipinski definition) is 1. The number of thiophene rings is 1. The fourth-order valence-electron chi connectivity index (χ4n) is 2.96. The summed E-state index contributed by atoms with van der Waals surface area (Å²) >= 11 is 1.57. The maximum absolute atomic E-state index is 12.7. The number of ether oxygens (including phenoxy) is 1. The molecule has 120 valence electrons. The molecule has 0 fully saturated rings. The van der Waals surface area contributed by atoms with Gasteiger partial charge < -0.3 is 10.6 Å². The van der Waals surface area contributed by atoms with Gasteiger partial charge in [0.15, 0.2) is 0 Å². The third kappa shape index (κ3) is 2.65. The number of hydrogen-bond acceptors (Lipinski definition) is 5. The lowest BCUT2D eigenvalue weighted by atomic mass is 9.94. The minimum atomic E-state index is -0.243. The van der Waals surface area contributed by atoms with Crippen molar-refractivity contribution in [3.63, 3.8) is 0 Å². The number of aromatic nitrogens is 2. The minimum absolute atomic E-state index is 0.119. The molecule has 6 heteroatoms. The SMILES string of the molecule is CCCCCc1nc2sc3c(c2c(=O)n1N)CC(C)(C)OC3. The van der Waals surface area contributed by atoms with E-state index in [1.54, 1.807) is 11.3 Å². The van der Waals surface area contributed by atoms with E-state index >= 15 is 0 Å². The lowest BCUT2D eigenvalue weighted by molar-refractivity contribution is -0.0379. The van der Waals surface area contributed by atoms with E-state index in [0.717, 1.165) is 47.4 Å². The Bertz CT molecular complexity index is 761. The van der Waals surface area contributed by atoms with Gasteiger partial charge in [-0.1, -0.05) is 19.8 Å². The summed E-state index contributed by atoms with van der Waals surface area (Å²) in [5.74, 6) is 6.69. The summed E-state index contributed by atoms with van der Waals surface area (Å²) in [4.78, 5) is 19.3. The molecule has 2 N–H and O–H groups in total. The molecule has 0 bridgehead atoms. The van der Waals surface area contributed by atoms with E-state index in [1.807, 2.05) is 13.8 Å². The third-order valence-corrected chi connectivity index (χ3v) is 5.31. The first-order chi connectivity index (χ1) is 10.4. The number of aryl methyl sites for hydroxylation is 1. The van der Waals surface area contributed by atoms with Crippen LogP contribution in [-0.4, -0.2) is 15.3 Å². The van der Waals surface area contributed by atoms with Gasteiger partial charge in [0, 0.05) is 17.7 Å². The first-order valence-electron chi connectivity index (χ1n) is 7.88. The molecule has 2 aromatic rings. The van der Waals surface area contributed by atoms with Crippen LogP contribution in [0.3, 0.4) is 0 Å². The summed E-state index contributed by atoms with van der Waals surface area (Å²) in [6, 6.07) is 0. The van der Waals surface area contributed by atoms with Crippen molar-refractivity contribution >= 4 is 21.6 Å². The van der Waals surface area contributed by atoms with E-state index in [2.05, 4.69) is 11.9 Å². The van der Waals surface area contributed by atoms with Crippen molar-refractivity contribution in [2.24, 2.45) is 0 Å². The van der Waals surface area contributed by atoms with Crippen LogP contribution in [0.1, 0.15) is 56.3 Å².